The third-order valence-electron chi connectivity index (χ3n) is 6.83. The van der Waals surface area contributed by atoms with Crippen LogP contribution in [-0.2, 0) is 27.1 Å². The van der Waals surface area contributed by atoms with Crippen molar-refractivity contribution < 1.29 is 26.5 Å². The number of rotatable bonds is 5. The van der Waals surface area contributed by atoms with Crippen LogP contribution in [0.15, 0.2) is 114 Å². The number of ether oxygens (including phenoxy) is 1. The molecule has 1 aliphatic carbocycles. The Hall–Kier alpha value is -2.65. The van der Waals surface area contributed by atoms with Crippen LogP contribution in [0, 0.1) is 16.9 Å². The summed E-state index contributed by atoms with van der Waals surface area (Å²) in [5.41, 5.74) is 6.55. The van der Waals surface area contributed by atoms with Gasteiger partial charge in [-0.15, -0.1) is 6.42 Å². The molecular weight excluding hydrogens is 584 g/mol. The van der Waals surface area contributed by atoms with Gasteiger partial charge in [0.15, 0.2) is 0 Å². The summed E-state index contributed by atoms with van der Waals surface area (Å²) in [4.78, 5) is 0. The van der Waals surface area contributed by atoms with Gasteiger partial charge in [0.05, 0.1) is 0 Å². The zero-order valence-electron chi connectivity index (χ0n) is 29.1. The van der Waals surface area contributed by atoms with E-state index in [9.17, 15) is 0 Å². The molecule has 0 atom stereocenters. The maximum absolute atomic E-state index is 6.47. The summed E-state index contributed by atoms with van der Waals surface area (Å²) >= 11 is 0. The van der Waals surface area contributed by atoms with Gasteiger partial charge in [0.25, 0.3) is 0 Å². The standard InChI is InChI=1S/C30H34O.C9H13.C2H7Si.Ti/c1-29(2,3)25-20-17-23(18-21-25)19-22-27(30(4,5)6)28(24-13-9-7-10-14-24)31-26-15-11-8-12-16-26;1-9(2,3)8-6-4-5-7-8;1-3-2;/h7-22H,1-6H3;6-7H,4H2,1-3H3;3H,1-2H3;/q;-1;;. The van der Waals surface area contributed by atoms with Crippen molar-refractivity contribution in [2.75, 3.05) is 0 Å². The third kappa shape index (κ3) is 13.6. The first-order valence-electron chi connectivity index (χ1n) is 15.5. The van der Waals surface area contributed by atoms with Crippen LogP contribution >= 0.6 is 0 Å². The first kappa shape index (κ1) is 39.4. The molecule has 0 heterocycles. The Morgan fingerprint density at radius 1 is 0.727 bits per heavy atom. The molecule has 233 valence electrons. The number of para-hydroxylation sites is 1. The normalized spacial score (nSPS) is 13.5. The maximum Gasteiger partial charge on any atom is 0.138 e. The molecule has 0 aliphatic heterocycles. The Bertz CT molecular complexity index is 1360. The molecule has 3 aromatic rings. The van der Waals surface area contributed by atoms with E-state index < -0.39 is 0 Å². The van der Waals surface area contributed by atoms with Gasteiger partial charge in [-0.05, 0) is 34.1 Å². The molecule has 4 rings (SSSR count). The minimum Gasteiger partial charge on any atom is -0.456 e. The topological polar surface area (TPSA) is 9.23 Å². The van der Waals surface area contributed by atoms with Gasteiger partial charge in [0.1, 0.15) is 11.5 Å². The van der Waals surface area contributed by atoms with Gasteiger partial charge in [-0.3, -0.25) is 6.08 Å². The van der Waals surface area contributed by atoms with Crippen molar-refractivity contribution in [1.82, 2.24) is 0 Å². The van der Waals surface area contributed by atoms with Gasteiger partial charge in [0, 0.05) is 42.4 Å². The van der Waals surface area contributed by atoms with Crippen molar-refractivity contribution in [3.63, 3.8) is 0 Å². The summed E-state index contributed by atoms with van der Waals surface area (Å²) in [5.74, 6) is 1.73. The van der Waals surface area contributed by atoms with Crippen molar-refractivity contribution in [1.29, 1.82) is 0 Å². The maximum atomic E-state index is 6.47. The summed E-state index contributed by atoms with van der Waals surface area (Å²) < 4.78 is 6.47. The molecule has 0 amide bonds. The van der Waals surface area contributed by atoms with E-state index in [0.717, 1.165) is 38.6 Å². The Balaban J connectivity index is 0.000000626. The van der Waals surface area contributed by atoms with Gasteiger partial charge in [-0.2, -0.15) is 11.6 Å². The van der Waals surface area contributed by atoms with Crippen molar-refractivity contribution in [3.05, 3.63) is 137 Å². The van der Waals surface area contributed by atoms with Crippen LogP contribution in [0.3, 0.4) is 0 Å². The molecule has 0 aromatic heterocycles. The van der Waals surface area contributed by atoms with Crippen LogP contribution in [0.5, 0.6) is 5.75 Å². The number of hydrogen-bond acceptors (Lipinski definition) is 1. The van der Waals surface area contributed by atoms with E-state index in [4.69, 9.17) is 4.74 Å². The number of allylic oxidation sites excluding steroid dienone is 6. The minimum atomic E-state index is -0.0954. The molecule has 0 saturated carbocycles. The Morgan fingerprint density at radius 3 is 1.66 bits per heavy atom. The average Bonchev–Trinajstić information content (AvgIpc) is 3.50. The van der Waals surface area contributed by atoms with Crippen LogP contribution in [0.4, 0.5) is 0 Å². The molecule has 0 spiro atoms. The fraction of sp³-hybridized carbons (Fsp3) is 0.366. The fourth-order valence-corrected chi connectivity index (χ4v) is 4.32. The molecule has 44 heavy (non-hydrogen) atoms. The fourth-order valence-electron chi connectivity index (χ4n) is 4.32. The summed E-state index contributed by atoms with van der Waals surface area (Å²) in [5, 5.41) is 0. The summed E-state index contributed by atoms with van der Waals surface area (Å²) in [7, 11) is 0.750. The Morgan fingerprint density at radius 2 is 1.25 bits per heavy atom. The number of hydrogen-bond donors (Lipinski definition) is 0. The van der Waals surface area contributed by atoms with Crippen molar-refractivity contribution in [3.8, 4) is 5.75 Å². The van der Waals surface area contributed by atoms with E-state index in [-0.39, 0.29) is 32.5 Å². The molecule has 3 aromatic carbocycles. The summed E-state index contributed by atoms with van der Waals surface area (Å²) in [6.07, 6.45) is 12.9. The molecule has 0 unspecified atom stereocenters. The molecule has 3 heteroatoms. The molecule has 1 nitrogen and oxygen atoms in total. The van der Waals surface area contributed by atoms with E-state index in [1.54, 1.807) is 0 Å². The van der Waals surface area contributed by atoms with Gasteiger partial charge < -0.3 is 4.74 Å². The van der Waals surface area contributed by atoms with Crippen LogP contribution < -0.4 is 4.74 Å². The molecule has 0 bridgehead atoms. The second-order valence-corrected chi connectivity index (χ2v) is 15.2. The Kier molecular flexibility index (Phi) is 16.4. The zero-order chi connectivity index (χ0) is 32.1. The minimum absolute atomic E-state index is 0. The SMILES string of the molecule is CC(C)(C)C(C=Cc1ccc(C(C)(C)C)cc1)=C(Oc1ccccc1)c1ccccc1.CC(C)(C)C1=CC[C-]=C1.C[SiH]C.[Ti]. The predicted octanol–water partition coefficient (Wildman–Crippen LogP) is 11.8. The van der Waals surface area contributed by atoms with Gasteiger partial charge in [-0.25, -0.2) is 6.08 Å². The van der Waals surface area contributed by atoms with Crippen molar-refractivity contribution >= 4 is 21.4 Å². The molecule has 0 fully saturated rings. The smallest absolute Gasteiger partial charge is 0.138 e. The van der Waals surface area contributed by atoms with E-state index in [1.807, 2.05) is 36.4 Å². The summed E-state index contributed by atoms with van der Waals surface area (Å²) in [6, 6.07) is 29.2. The molecule has 0 N–H and O–H groups in total. The van der Waals surface area contributed by atoms with Crippen LogP contribution in [0.25, 0.3) is 11.8 Å². The van der Waals surface area contributed by atoms with Gasteiger partial charge in [-0.1, -0.05) is 166 Å². The third-order valence-corrected chi connectivity index (χ3v) is 6.83. The van der Waals surface area contributed by atoms with Gasteiger partial charge >= 0.3 is 0 Å². The number of benzene rings is 3. The van der Waals surface area contributed by atoms with Crippen LogP contribution in [0.1, 0.15) is 85.4 Å². The van der Waals surface area contributed by atoms with Crippen molar-refractivity contribution in [2.24, 2.45) is 10.8 Å². The van der Waals surface area contributed by atoms with Crippen molar-refractivity contribution in [2.45, 2.75) is 87.2 Å². The summed E-state index contributed by atoms with van der Waals surface area (Å²) in [6.45, 7) is 24.5. The van der Waals surface area contributed by atoms with E-state index >= 15 is 0 Å². The second-order valence-electron chi connectivity index (χ2n) is 14.0. The van der Waals surface area contributed by atoms with Crippen LogP contribution in [-0.4, -0.2) is 9.52 Å². The largest absolute Gasteiger partial charge is 0.456 e. The monoisotopic (exact) mass is 638 g/mol. The Labute approximate surface area is 287 Å². The second kappa shape index (κ2) is 18.4. The van der Waals surface area contributed by atoms with Crippen LogP contribution in [0.2, 0.25) is 13.1 Å². The quantitative estimate of drug-likeness (QED) is 0.117. The van der Waals surface area contributed by atoms with E-state index in [2.05, 4.69) is 154 Å². The first-order chi connectivity index (χ1) is 20.2. The molecule has 1 aliphatic rings. The molecule has 1 radical (unpaired) electrons. The average molecular weight is 639 g/mol. The molecular formula is C41H54OSiTi-. The molecule has 0 saturated heterocycles. The van der Waals surface area contributed by atoms with E-state index in [1.165, 1.54) is 16.7 Å². The van der Waals surface area contributed by atoms with E-state index in [0.29, 0.717) is 5.41 Å². The zero-order valence-corrected chi connectivity index (χ0v) is 31.8. The van der Waals surface area contributed by atoms with Gasteiger partial charge in [0.2, 0.25) is 0 Å². The first-order valence-corrected chi connectivity index (χ1v) is 17.8. The predicted molar refractivity (Wildman–Crippen MR) is 193 cm³/mol.